The summed E-state index contributed by atoms with van der Waals surface area (Å²) in [5, 5.41) is 6.16. The standard InChI is InChI=1S/C29H28N4O2/c1-19-16-22(20(2)32(19)23-11-4-3-5-12-23)18-30-33-28(27-17-21-10-6-9-15-26(21)35-27)31-25-14-8-7-13-24(25)29(33)34/h6-10,13-18,23H,3-5,11-12H2,1-2H3. The van der Waals surface area contributed by atoms with Crippen molar-refractivity contribution >= 4 is 28.1 Å². The van der Waals surface area contributed by atoms with Gasteiger partial charge in [-0.25, -0.2) is 4.98 Å². The lowest BCUT2D eigenvalue weighted by molar-refractivity contribution is 0.346. The van der Waals surface area contributed by atoms with E-state index < -0.39 is 0 Å². The number of rotatable bonds is 4. The van der Waals surface area contributed by atoms with Crippen molar-refractivity contribution in [2.24, 2.45) is 5.10 Å². The van der Waals surface area contributed by atoms with E-state index in [0.29, 0.717) is 28.5 Å². The number of para-hydroxylation sites is 2. The first-order valence-electron chi connectivity index (χ1n) is 12.3. The minimum atomic E-state index is -0.219. The van der Waals surface area contributed by atoms with Crippen LogP contribution < -0.4 is 5.56 Å². The van der Waals surface area contributed by atoms with Crippen LogP contribution in [0, 0.1) is 13.8 Å². The maximum Gasteiger partial charge on any atom is 0.282 e. The Kier molecular flexibility index (Phi) is 5.36. The fraction of sp³-hybridized carbons (Fsp3) is 0.276. The predicted octanol–water partition coefficient (Wildman–Crippen LogP) is 6.62. The lowest BCUT2D eigenvalue weighted by atomic mass is 9.95. The van der Waals surface area contributed by atoms with Gasteiger partial charge in [-0.05, 0) is 57.0 Å². The van der Waals surface area contributed by atoms with Crippen molar-refractivity contribution in [3.05, 3.63) is 88.0 Å². The zero-order valence-electron chi connectivity index (χ0n) is 20.1. The van der Waals surface area contributed by atoms with Crippen LogP contribution in [0.15, 0.2) is 75.0 Å². The van der Waals surface area contributed by atoms with Gasteiger partial charge in [-0.2, -0.15) is 9.78 Å². The van der Waals surface area contributed by atoms with Gasteiger partial charge in [-0.3, -0.25) is 4.79 Å². The number of nitrogens with zero attached hydrogens (tertiary/aromatic N) is 4. The molecule has 1 saturated carbocycles. The summed E-state index contributed by atoms with van der Waals surface area (Å²) in [5.74, 6) is 0.904. The third kappa shape index (κ3) is 3.79. The topological polar surface area (TPSA) is 65.3 Å². The summed E-state index contributed by atoms with van der Waals surface area (Å²) in [6.07, 6.45) is 8.11. The molecule has 3 heterocycles. The molecule has 0 atom stereocenters. The highest BCUT2D eigenvalue weighted by Crippen LogP contribution is 2.32. The van der Waals surface area contributed by atoms with Gasteiger partial charge in [0.05, 0.1) is 17.1 Å². The van der Waals surface area contributed by atoms with Crippen molar-refractivity contribution < 1.29 is 4.42 Å². The molecule has 0 spiro atoms. The van der Waals surface area contributed by atoms with Crippen molar-refractivity contribution in [1.82, 2.24) is 14.2 Å². The molecule has 0 unspecified atom stereocenters. The molecule has 6 rings (SSSR count). The van der Waals surface area contributed by atoms with E-state index in [4.69, 9.17) is 9.40 Å². The van der Waals surface area contributed by atoms with Crippen molar-refractivity contribution in [3.8, 4) is 11.6 Å². The Hall–Kier alpha value is -3.93. The van der Waals surface area contributed by atoms with Gasteiger partial charge in [0.25, 0.3) is 5.56 Å². The minimum Gasteiger partial charge on any atom is -0.453 e. The first-order valence-corrected chi connectivity index (χ1v) is 12.3. The summed E-state index contributed by atoms with van der Waals surface area (Å²) in [6.45, 7) is 4.30. The van der Waals surface area contributed by atoms with Gasteiger partial charge < -0.3 is 8.98 Å². The number of aromatic nitrogens is 3. The van der Waals surface area contributed by atoms with Crippen LogP contribution in [0.25, 0.3) is 33.5 Å². The van der Waals surface area contributed by atoms with Gasteiger partial charge in [0.2, 0.25) is 5.82 Å². The Morgan fingerprint density at radius 1 is 1.00 bits per heavy atom. The van der Waals surface area contributed by atoms with Crippen LogP contribution in [-0.2, 0) is 0 Å². The molecule has 0 radical (unpaired) electrons. The highest BCUT2D eigenvalue weighted by molar-refractivity contribution is 5.85. The summed E-state index contributed by atoms with van der Waals surface area (Å²) in [6, 6.07) is 19.7. The average Bonchev–Trinajstić information content (AvgIpc) is 3.44. The molecule has 0 bridgehead atoms. The molecule has 1 aliphatic rings. The molecule has 0 aliphatic heterocycles. The molecule has 3 aromatic heterocycles. The molecule has 0 saturated heterocycles. The van der Waals surface area contributed by atoms with E-state index in [2.05, 4.69) is 29.6 Å². The molecule has 1 aliphatic carbocycles. The summed E-state index contributed by atoms with van der Waals surface area (Å²) < 4.78 is 9.89. The zero-order valence-corrected chi connectivity index (χ0v) is 20.1. The number of furan rings is 1. The van der Waals surface area contributed by atoms with Gasteiger partial charge in [0.15, 0.2) is 5.76 Å². The first-order chi connectivity index (χ1) is 17.1. The average molecular weight is 465 g/mol. The molecule has 176 valence electrons. The van der Waals surface area contributed by atoms with Crippen molar-refractivity contribution in [1.29, 1.82) is 0 Å². The maximum absolute atomic E-state index is 13.5. The number of benzene rings is 2. The Morgan fingerprint density at radius 2 is 1.77 bits per heavy atom. The second-order valence-electron chi connectivity index (χ2n) is 9.45. The van der Waals surface area contributed by atoms with Crippen LogP contribution in [0.4, 0.5) is 0 Å². The molecule has 5 aromatic rings. The molecule has 2 aromatic carbocycles. The number of hydrogen-bond donors (Lipinski definition) is 0. The van der Waals surface area contributed by atoms with Crippen LogP contribution in [-0.4, -0.2) is 20.4 Å². The Morgan fingerprint density at radius 3 is 2.60 bits per heavy atom. The van der Waals surface area contributed by atoms with Crippen molar-refractivity contribution in [2.45, 2.75) is 52.0 Å². The normalized spacial score (nSPS) is 15.0. The van der Waals surface area contributed by atoms with Crippen LogP contribution in [0.3, 0.4) is 0 Å². The van der Waals surface area contributed by atoms with E-state index in [0.717, 1.165) is 16.5 Å². The summed E-state index contributed by atoms with van der Waals surface area (Å²) in [7, 11) is 0. The number of aryl methyl sites for hydroxylation is 1. The summed E-state index contributed by atoms with van der Waals surface area (Å²) >= 11 is 0. The third-order valence-electron chi connectivity index (χ3n) is 7.18. The van der Waals surface area contributed by atoms with E-state index in [-0.39, 0.29) is 5.56 Å². The fourth-order valence-corrected chi connectivity index (χ4v) is 5.44. The van der Waals surface area contributed by atoms with Gasteiger partial charge in [0, 0.05) is 28.4 Å². The molecule has 1 fully saturated rings. The van der Waals surface area contributed by atoms with E-state index in [1.807, 2.05) is 48.5 Å². The molecule has 0 amide bonds. The summed E-state index contributed by atoms with van der Waals surface area (Å²) in [5.41, 5.74) is 4.58. The van der Waals surface area contributed by atoms with Crippen molar-refractivity contribution in [2.75, 3.05) is 0 Å². The second kappa shape index (κ2) is 8.69. The molecular weight excluding hydrogens is 436 g/mol. The van der Waals surface area contributed by atoms with E-state index in [9.17, 15) is 4.79 Å². The first kappa shape index (κ1) is 21.6. The fourth-order valence-electron chi connectivity index (χ4n) is 5.44. The third-order valence-corrected chi connectivity index (χ3v) is 7.18. The van der Waals surface area contributed by atoms with E-state index in [1.54, 1.807) is 12.3 Å². The van der Waals surface area contributed by atoms with Crippen LogP contribution in [0.2, 0.25) is 0 Å². The smallest absolute Gasteiger partial charge is 0.282 e. The predicted molar refractivity (Wildman–Crippen MR) is 140 cm³/mol. The van der Waals surface area contributed by atoms with E-state index >= 15 is 0 Å². The Balaban J connectivity index is 1.48. The van der Waals surface area contributed by atoms with Crippen LogP contribution in [0.1, 0.15) is 55.1 Å². The molecule has 0 N–H and O–H groups in total. The highest BCUT2D eigenvalue weighted by atomic mass is 16.3. The van der Waals surface area contributed by atoms with Gasteiger partial charge in [-0.1, -0.05) is 49.6 Å². The van der Waals surface area contributed by atoms with Crippen LogP contribution in [0.5, 0.6) is 0 Å². The quantitative estimate of drug-likeness (QED) is 0.281. The molecule has 6 heteroatoms. The second-order valence-corrected chi connectivity index (χ2v) is 9.45. The number of hydrogen-bond acceptors (Lipinski definition) is 4. The Labute approximate surface area is 203 Å². The Bertz CT molecular complexity index is 1600. The van der Waals surface area contributed by atoms with Crippen LogP contribution >= 0.6 is 0 Å². The van der Waals surface area contributed by atoms with E-state index in [1.165, 1.54) is 48.2 Å². The molecular formula is C29H28N4O2. The lowest BCUT2D eigenvalue weighted by Gasteiger charge is -2.26. The van der Waals surface area contributed by atoms with Gasteiger partial charge in [-0.15, -0.1) is 0 Å². The largest absolute Gasteiger partial charge is 0.453 e. The van der Waals surface area contributed by atoms with Crippen molar-refractivity contribution in [3.63, 3.8) is 0 Å². The maximum atomic E-state index is 13.5. The number of fused-ring (bicyclic) bond motifs is 2. The SMILES string of the molecule is Cc1cc(C=Nn2c(-c3cc4ccccc4o3)nc3ccccc3c2=O)c(C)n1C1CCCCC1. The van der Waals surface area contributed by atoms with Gasteiger partial charge in [0.1, 0.15) is 5.58 Å². The molecule has 35 heavy (non-hydrogen) atoms. The monoisotopic (exact) mass is 464 g/mol. The zero-order chi connectivity index (χ0) is 23.9. The highest BCUT2D eigenvalue weighted by Gasteiger charge is 2.20. The molecule has 6 nitrogen and oxygen atoms in total. The lowest BCUT2D eigenvalue weighted by Crippen LogP contribution is -2.20. The van der Waals surface area contributed by atoms with Gasteiger partial charge >= 0.3 is 0 Å². The minimum absolute atomic E-state index is 0.219. The summed E-state index contributed by atoms with van der Waals surface area (Å²) in [4.78, 5) is 18.3.